The molecule has 1 saturated heterocycles. The van der Waals surface area contributed by atoms with Crippen LogP contribution in [0.3, 0.4) is 0 Å². The van der Waals surface area contributed by atoms with E-state index in [4.69, 9.17) is 23.7 Å². The molecule has 6 atom stereocenters. The van der Waals surface area contributed by atoms with E-state index >= 15 is 0 Å². The van der Waals surface area contributed by atoms with Gasteiger partial charge in [-0.3, -0.25) is 4.79 Å². The first-order chi connectivity index (χ1) is 24.9. The van der Waals surface area contributed by atoms with Gasteiger partial charge < -0.3 is 23.7 Å². The number of hydrogen-bond acceptors (Lipinski definition) is 6. The van der Waals surface area contributed by atoms with Gasteiger partial charge in [-0.25, -0.2) is 4.79 Å². The number of benzene rings is 2. The van der Waals surface area contributed by atoms with Gasteiger partial charge in [0.05, 0.1) is 11.7 Å². The second-order valence-corrected chi connectivity index (χ2v) is 22.1. The molecule has 0 spiro atoms. The van der Waals surface area contributed by atoms with E-state index in [1.54, 1.807) is 0 Å². The Morgan fingerprint density at radius 3 is 2.13 bits per heavy atom. The van der Waals surface area contributed by atoms with Gasteiger partial charge in [0.15, 0.2) is 14.6 Å². The maximum atomic E-state index is 13.8. The lowest BCUT2D eigenvalue weighted by atomic mass is 9.83. The first-order valence-electron chi connectivity index (χ1n) is 20.4. The topological polar surface area (TPSA) is 91.3 Å². The van der Waals surface area contributed by atoms with E-state index in [0.717, 1.165) is 75.5 Å². The van der Waals surface area contributed by atoms with Gasteiger partial charge >= 0.3 is 11.9 Å². The summed E-state index contributed by atoms with van der Waals surface area (Å²) in [4.78, 5) is 24.9. The quantitative estimate of drug-likeness (QED) is 0.0926. The Balaban J connectivity index is 1.36. The van der Waals surface area contributed by atoms with Gasteiger partial charge in [0.1, 0.15) is 6.10 Å². The lowest BCUT2D eigenvalue weighted by Gasteiger charge is -2.41. The summed E-state index contributed by atoms with van der Waals surface area (Å²) in [5.74, 6) is -0.0556. The van der Waals surface area contributed by atoms with Crippen molar-refractivity contribution in [2.45, 2.75) is 166 Å². The van der Waals surface area contributed by atoms with Crippen molar-refractivity contribution in [3.8, 4) is 11.1 Å². The molecule has 52 heavy (non-hydrogen) atoms. The monoisotopic (exact) mass is 734 g/mol. The highest BCUT2D eigenvalue weighted by atomic mass is 28.4. The fourth-order valence-corrected chi connectivity index (χ4v) is 9.93. The third-order valence-electron chi connectivity index (χ3n) is 12.6. The second kappa shape index (κ2) is 19.2. The number of ether oxygens (including phenoxy) is 3. The van der Waals surface area contributed by atoms with Gasteiger partial charge in [0, 0.05) is 31.5 Å². The van der Waals surface area contributed by atoms with E-state index in [1.807, 2.05) is 42.5 Å². The van der Waals surface area contributed by atoms with Crippen LogP contribution in [-0.2, 0) is 23.4 Å². The van der Waals surface area contributed by atoms with Crippen molar-refractivity contribution < 1.29 is 33.3 Å². The predicted octanol–water partition coefficient (Wildman–Crippen LogP) is 11.2. The van der Waals surface area contributed by atoms with Crippen LogP contribution < -0.4 is 0 Å². The molecular weight excluding hydrogens is 669 g/mol. The SMILES string of the molecule is CC(C)(C)[Si](C)(C)OC(CC[C@H]1C(OC2CCCCO2)C[C@H](OC(=O)c2ccc(-c3ccccc3)cc2)[C@@H]1CCCCCCC(=O)O)C1CCCC1. The van der Waals surface area contributed by atoms with E-state index in [2.05, 4.69) is 46.0 Å². The van der Waals surface area contributed by atoms with E-state index in [9.17, 15) is 9.59 Å². The molecule has 288 valence electrons. The first kappa shape index (κ1) is 40.7. The Morgan fingerprint density at radius 2 is 1.48 bits per heavy atom. The van der Waals surface area contributed by atoms with Crippen molar-refractivity contribution >= 4 is 20.3 Å². The minimum absolute atomic E-state index is 0.0598. The number of carbonyl (C=O) groups excluding carboxylic acids is 1. The molecule has 0 radical (unpaired) electrons. The second-order valence-electron chi connectivity index (χ2n) is 17.3. The number of unbranched alkanes of at least 4 members (excludes halogenated alkanes) is 3. The summed E-state index contributed by atoms with van der Waals surface area (Å²) in [6.45, 7) is 12.5. The average Bonchev–Trinajstić information content (AvgIpc) is 3.77. The molecule has 5 rings (SSSR count). The highest BCUT2D eigenvalue weighted by Crippen LogP contribution is 2.46. The van der Waals surface area contributed by atoms with Crippen LogP contribution in [0.15, 0.2) is 54.6 Å². The molecule has 3 unspecified atom stereocenters. The van der Waals surface area contributed by atoms with Gasteiger partial charge in [-0.05, 0) is 111 Å². The smallest absolute Gasteiger partial charge is 0.338 e. The maximum absolute atomic E-state index is 13.8. The Hall–Kier alpha value is -2.52. The molecule has 3 aliphatic rings. The lowest BCUT2D eigenvalue weighted by Crippen LogP contribution is -2.45. The fourth-order valence-electron chi connectivity index (χ4n) is 8.51. The van der Waals surface area contributed by atoms with Crippen LogP contribution in [0.4, 0.5) is 0 Å². The van der Waals surface area contributed by atoms with Crippen LogP contribution in [-0.4, -0.2) is 56.6 Å². The molecule has 2 aromatic carbocycles. The zero-order valence-corrected chi connectivity index (χ0v) is 33.7. The average molecular weight is 735 g/mol. The van der Waals surface area contributed by atoms with E-state index in [0.29, 0.717) is 24.3 Å². The molecule has 1 heterocycles. The minimum Gasteiger partial charge on any atom is -0.481 e. The van der Waals surface area contributed by atoms with Crippen molar-refractivity contribution in [1.82, 2.24) is 0 Å². The molecule has 2 saturated carbocycles. The zero-order chi connectivity index (χ0) is 37.1. The summed E-state index contributed by atoms with van der Waals surface area (Å²) >= 11 is 0. The molecular formula is C44H66O7Si. The Bertz CT molecular complexity index is 1380. The normalized spacial score (nSPS) is 24.9. The highest BCUT2D eigenvalue weighted by molar-refractivity contribution is 6.74. The third-order valence-corrected chi connectivity index (χ3v) is 17.1. The van der Waals surface area contributed by atoms with Gasteiger partial charge in [-0.15, -0.1) is 0 Å². The van der Waals surface area contributed by atoms with Crippen LogP contribution in [0.2, 0.25) is 18.1 Å². The van der Waals surface area contributed by atoms with E-state index in [-0.39, 0.29) is 53.9 Å². The van der Waals surface area contributed by atoms with Gasteiger partial charge in [-0.1, -0.05) is 95.3 Å². The first-order valence-corrected chi connectivity index (χ1v) is 23.4. The summed E-state index contributed by atoms with van der Waals surface area (Å²) in [7, 11) is -1.98. The number of carbonyl (C=O) groups is 2. The van der Waals surface area contributed by atoms with Crippen molar-refractivity contribution in [2.24, 2.45) is 17.8 Å². The molecule has 0 aromatic heterocycles. The van der Waals surface area contributed by atoms with Gasteiger partial charge in [-0.2, -0.15) is 0 Å². The molecule has 3 fully saturated rings. The summed E-state index contributed by atoms with van der Waals surface area (Å²) in [6, 6.07) is 17.9. The summed E-state index contributed by atoms with van der Waals surface area (Å²) < 4.78 is 26.7. The fraction of sp³-hybridized carbons (Fsp3) is 0.682. The highest BCUT2D eigenvalue weighted by Gasteiger charge is 2.48. The molecule has 2 aromatic rings. The number of rotatable bonds is 18. The minimum atomic E-state index is -1.98. The van der Waals surface area contributed by atoms with Gasteiger partial charge in [0.2, 0.25) is 0 Å². The van der Waals surface area contributed by atoms with Crippen LogP contribution in [0.5, 0.6) is 0 Å². The van der Waals surface area contributed by atoms with Crippen LogP contribution >= 0.6 is 0 Å². The number of hydrogen-bond donors (Lipinski definition) is 1. The summed E-state index contributed by atoms with van der Waals surface area (Å²) in [5.41, 5.74) is 2.74. The Kier molecular flexibility index (Phi) is 15.0. The number of esters is 1. The molecule has 2 aliphatic carbocycles. The van der Waals surface area contributed by atoms with Gasteiger partial charge in [0.25, 0.3) is 0 Å². The van der Waals surface area contributed by atoms with Crippen LogP contribution in [0.1, 0.15) is 134 Å². The number of carboxylic acids is 1. The predicted molar refractivity (Wildman–Crippen MR) is 210 cm³/mol. The van der Waals surface area contributed by atoms with Crippen molar-refractivity contribution in [3.05, 3.63) is 60.2 Å². The molecule has 0 bridgehead atoms. The zero-order valence-electron chi connectivity index (χ0n) is 32.7. The van der Waals surface area contributed by atoms with Crippen molar-refractivity contribution in [2.75, 3.05) is 6.61 Å². The van der Waals surface area contributed by atoms with E-state index in [1.165, 1.54) is 25.7 Å². The van der Waals surface area contributed by atoms with Crippen LogP contribution in [0, 0.1) is 17.8 Å². The van der Waals surface area contributed by atoms with Crippen LogP contribution in [0.25, 0.3) is 11.1 Å². The molecule has 1 N–H and O–H groups in total. The summed E-state index contributed by atoms with van der Waals surface area (Å²) in [5, 5.41) is 9.29. The lowest BCUT2D eigenvalue weighted by molar-refractivity contribution is -0.196. The number of carboxylic acid groups (broad SMARTS) is 1. The largest absolute Gasteiger partial charge is 0.481 e. The molecule has 7 nitrogen and oxygen atoms in total. The standard InChI is InChI=1S/C44H66O7Si/c1-44(2,3)52(4,5)51-38(34-19-13-14-20-34)29-28-37-36(21-11-6-7-12-22-41(45)46)40(31-39(37)49-42-23-15-16-30-48-42)50-43(47)35-26-24-33(25-27-35)32-17-9-8-10-18-32/h8-10,17-18,24-27,34,36-40,42H,6-7,11-16,19-23,28-31H2,1-5H3,(H,45,46)/t36-,37-,38?,39?,40+,42?/m1/s1. The Labute approximate surface area is 314 Å². The van der Waals surface area contributed by atoms with E-state index < -0.39 is 14.3 Å². The molecule has 0 amide bonds. The van der Waals surface area contributed by atoms with Crippen molar-refractivity contribution in [1.29, 1.82) is 0 Å². The maximum Gasteiger partial charge on any atom is 0.338 e. The third kappa shape index (κ3) is 11.5. The Morgan fingerprint density at radius 1 is 0.827 bits per heavy atom. The summed E-state index contributed by atoms with van der Waals surface area (Å²) in [6.07, 6.45) is 15.1. The molecule has 8 heteroatoms. The van der Waals surface area contributed by atoms with Crippen molar-refractivity contribution in [3.63, 3.8) is 0 Å². The number of aliphatic carboxylic acids is 1. The molecule has 1 aliphatic heterocycles.